The average molecular weight is 405 g/mol. The zero-order valence-corrected chi connectivity index (χ0v) is 18.0. The van der Waals surface area contributed by atoms with Crippen LogP contribution >= 0.6 is 0 Å². The van der Waals surface area contributed by atoms with Crippen molar-refractivity contribution in [2.45, 2.75) is 63.5 Å². The molecule has 0 bridgehead atoms. The fourth-order valence-corrected chi connectivity index (χ4v) is 4.52. The number of rotatable bonds is 9. The lowest BCUT2D eigenvalue weighted by Gasteiger charge is -2.42. The third-order valence-electron chi connectivity index (χ3n) is 6.03. The minimum Gasteiger partial charge on any atom is -0.493 e. The highest BCUT2D eigenvalue weighted by molar-refractivity contribution is 5.95. The van der Waals surface area contributed by atoms with Crippen molar-refractivity contribution in [3.63, 3.8) is 0 Å². The van der Waals surface area contributed by atoms with E-state index in [0.29, 0.717) is 36.3 Å². The van der Waals surface area contributed by atoms with Crippen LogP contribution in [-0.2, 0) is 4.74 Å². The van der Waals surface area contributed by atoms with Gasteiger partial charge >= 0.3 is 0 Å². The molecule has 6 heteroatoms. The highest BCUT2D eigenvalue weighted by Crippen LogP contribution is 2.32. The molecule has 1 atom stereocenters. The molecule has 1 aliphatic carbocycles. The van der Waals surface area contributed by atoms with Gasteiger partial charge in [-0.15, -0.1) is 0 Å². The fourth-order valence-electron chi connectivity index (χ4n) is 4.52. The molecule has 2 aliphatic rings. The van der Waals surface area contributed by atoms with Gasteiger partial charge in [-0.3, -0.25) is 4.79 Å². The molecule has 0 spiro atoms. The standard InChI is InChI=1S/C23H36N2O4/c1-27-14-7-15-29-22-16-18(11-12-21(22)28-2)23(26)25(19-8-4-3-5-9-19)20-10-6-13-24-17-20/h11-12,16,19-20,24H,3-10,13-15,17H2,1-2H3/t20-/m1/s1. The van der Waals surface area contributed by atoms with Gasteiger partial charge in [0.15, 0.2) is 11.5 Å². The summed E-state index contributed by atoms with van der Waals surface area (Å²) in [5.41, 5.74) is 0.684. The number of hydrogen-bond donors (Lipinski definition) is 1. The maximum atomic E-state index is 13.7. The number of nitrogens with zero attached hydrogens (tertiary/aromatic N) is 1. The number of nitrogens with one attached hydrogen (secondary N) is 1. The van der Waals surface area contributed by atoms with E-state index in [0.717, 1.165) is 45.2 Å². The second-order valence-electron chi connectivity index (χ2n) is 8.06. The van der Waals surface area contributed by atoms with Gasteiger partial charge in [-0.2, -0.15) is 0 Å². The van der Waals surface area contributed by atoms with Crippen LogP contribution in [0, 0.1) is 0 Å². The number of hydrogen-bond acceptors (Lipinski definition) is 5. The molecule has 0 unspecified atom stereocenters. The Labute approximate surface area is 174 Å². The largest absolute Gasteiger partial charge is 0.493 e. The Morgan fingerprint density at radius 2 is 1.83 bits per heavy atom. The van der Waals surface area contributed by atoms with Crippen molar-refractivity contribution in [3.05, 3.63) is 23.8 Å². The molecule has 1 N–H and O–H groups in total. The van der Waals surface area contributed by atoms with Crippen molar-refractivity contribution in [3.8, 4) is 11.5 Å². The molecule has 29 heavy (non-hydrogen) atoms. The van der Waals surface area contributed by atoms with Crippen LogP contribution in [0.3, 0.4) is 0 Å². The van der Waals surface area contributed by atoms with E-state index >= 15 is 0 Å². The molecule has 1 saturated carbocycles. The molecule has 1 aromatic carbocycles. The molecule has 1 heterocycles. The van der Waals surface area contributed by atoms with Gasteiger partial charge in [0.25, 0.3) is 5.91 Å². The molecule has 1 aromatic rings. The first-order chi connectivity index (χ1) is 14.2. The lowest BCUT2D eigenvalue weighted by molar-refractivity contribution is 0.0470. The second-order valence-corrected chi connectivity index (χ2v) is 8.06. The van der Waals surface area contributed by atoms with Gasteiger partial charge in [-0.1, -0.05) is 19.3 Å². The summed E-state index contributed by atoms with van der Waals surface area (Å²) >= 11 is 0. The first-order valence-corrected chi connectivity index (χ1v) is 11.1. The van der Waals surface area contributed by atoms with Crippen LogP contribution < -0.4 is 14.8 Å². The van der Waals surface area contributed by atoms with Crippen molar-refractivity contribution in [1.29, 1.82) is 0 Å². The molecule has 2 fully saturated rings. The summed E-state index contributed by atoms with van der Waals surface area (Å²) in [6.07, 6.45) is 8.92. The van der Waals surface area contributed by atoms with E-state index in [1.807, 2.05) is 18.2 Å². The SMILES string of the molecule is COCCCOc1cc(C(=O)N(C2CCCCC2)[C@@H]2CCCNC2)ccc1OC. The van der Waals surface area contributed by atoms with Crippen molar-refractivity contribution in [2.75, 3.05) is 40.5 Å². The number of ether oxygens (including phenoxy) is 3. The number of benzene rings is 1. The predicted molar refractivity (Wildman–Crippen MR) is 114 cm³/mol. The highest BCUT2D eigenvalue weighted by Gasteiger charge is 2.33. The van der Waals surface area contributed by atoms with Crippen LogP contribution in [0.1, 0.15) is 61.7 Å². The lowest BCUT2D eigenvalue weighted by Crippen LogP contribution is -2.53. The van der Waals surface area contributed by atoms with Crippen molar-refractivity contribution in [2.24, 2.45) is 0 Å². The minimum absolute atomic E-state index is 0.120. The lowest BCUT2D eigenvalue weighted by atomic mass is 9.91. The number of carbonyl (C=O) groups excluding carboxylic acids is 1. The van der Waals surface area contributed by atoms with Gasteiger partial charge in [0.1, 0.15) is 0 Å². The van der Waals surface area contributed by atoms with E-state index < -0.39 is 0 Å². The van der Waals surface area contributed by atoms with Crippen LogP contribution in [0.15, 0.2) is 18.2 Å². The van der Waals surface area contributed by atoms with Gasteiger partial charge < -0.3 is 24.4 Å². The molecule has 0 radical (unpaired) electrons. The highest BCUT2D eigenvalue weighted by atomic mass is 16.5. The van der Waals surface area contributed by atoms with E-state index in [2.05, 4.69) is 10.2 Å². The van der Waals surface area contributed by atoms with E-state index in [1.165, 1.54) is 19.3 Å². The molecule has 3 rings (SSSR count). The molecule has 1 aliphatic heterocycles. The Kier molecular flexibility index (Phi) is 8.62. The van der Waals surface area contributed by atoms with E-state index in [-0.39, 0.29) is 11.9 Å². The molecule has 162 valence electrons. The number of methoxy groups -OCH3 is 2. The van der Waals surface area contributed by atoms with Crippen LogP contribution in [0.2, 0.25) is 0 Å². The monoisotopic (exact) mass is 404 g/mol. The summed E-state index contributed by atoms with van der Waals surface area (Å²) in [5.74, 6) is 1.40. The summed E-state index contributed by atoms with van der Waals surface area (Å²) in [7, 11) is 3.31. The number of carbonyl (C=O) groups is 1. The maximum Gasteiger partial charge on any atom is 0.254 e. The summed E-state index contributed by atoms with van der Waals surface area (Å²) in [4.78, 5) is 15.8. The van der Waals surface area contributed by atoms with Gasteiger partial charge in [-0.25, -0.2) is 0 Å². The summed E-state index contributed by atoms with van der Waals surface area (Å²) in [6.45, 7) is 3.11. The Morgan fingerprint density at radius 3 is 2.52 bits per heavy atom. The molecule has 1 saturated heterocycles. The Hall–Kier alpha value is -1.79. The number of piperidine rings is 1. The first kappa shape index (κ1) is 21.9. The third kappa shape index (κ3) is 5.86. The van der Waals surface area contributed by atoms with E-state index in [1.54, 1.807) is 14.2 Å². The summed E-state index contributed by atoms with van der Waals surface area (Å²) in [6, 6.07) is 6.17. The van der Waals surface area contributed by atoms with Crippen LogP contribution in [0.25, 0.3) is 0 Å². The predicted octanol–water partition coefficient (Wildman–Crippen LogP) is 3.64. The number of amides is 1. The first-order valence-electron chi connectivity index (χ1n) is 11.1. The maximum absolute atomic E-state index is 13.7. The third-order valence-corrected chi connectivity index (χ3v) is 6.03. The molecule has 1 amide bonds. The van der Waals surface area contributed by atoms with Gasteiger partial charge in [0, 0.05) is 44.3 Å². The van der Waals surface area contributed by atoms with E-state index in [4.69, 9.17) is 14.2 Å². The topological polar surface area (TPSA) is 60.0 Å². The zero-order chi connectivity index (χ0) is 20.5. The van der Waals surface area contributed by atoms with Gasteiger partial charge in [0.05, 0.1) is 13.7 Å². The molecular weight excluding hydrogens is 368 g/mol. The second kappa shape index (κ2) is 11.4. The average Bonchev–Trinajstić information content (AvgIpc) is 2.78. The smallest absolute Gasteiger partial charge is 0.254 e. The Morgan fingerprint density at radius 1 is 1.03 bits per heavy atom. The van der Waals surface area contributed by atoms with Crippen LogP contribution in [0.4, 0.5) is 0 Å². The summed E-state index contributed by atoms with van der Waals surface area (Å²) < 4.78 is 16.4. The molecule has 0 aromatic heterocycles. The van der Waals surface area contributed by atoms with E-state index in [9.17, 15) is 4.79 Å². The molecular formula is C23H36N2O4. The summed E-state index contributed by atoms with van der Waals surface area (Å²) in [5, 5.41) is 3.48. The van der Waals surface area contributed by atoms with Gasteiger partial charge in [-0.05, 0) is 50.4 Å². The van der Waals surface area contributed by atoms with Crippen molar-refractivity contribution >= 4 is 5.91 Å². The van der Waals surface area contributed by atoms with Crippen LogP contribution in [0.5, 0.6) is 11.5 Å². The van der Waals surface area contributed by atoms with Gasteiger partial charge in [0.2, 0.25) is 0 Å². The minimum atomic E-state index is 0.120. The van der Waals surface area contributed by atoms with Crippen molar-refractivity contribution < 1.29 is 19.0 Å². The quantitative estimate of drug-likeness (QED) is 0.637. The normalized spacial score (nSPS) is 20.3. The molecule has 6 nitrogen and oxygen atoms in total. The Bertz CT molecular complexity index is 622. The Balaban J connectivity index is 1.80. The van der Waals surface area contributed by atoms with Crippen molar-refractivity contribution in [1.82, 2.24) is 10.2 Å². The van der Waals surface area contributed by atoms with Crippen LogP contribution in [-0.4, -0.2) is 63.4 Å². The zero-order valence-electron chi connectivity index (χ0n) is 18.0. The fraction of sp³-hybridized carbons (Fsp3) is 0.696.